The van der Waals surface area contributed by atoms with Crippen LogP contribution in [-0.2, 0) is 57.0 Å². The minimum atomic E-state index is -0.488. The number of rotatable bonds is 32. The minimum absolute atomic E-state index is 0. The summed E-state index contributed by atoms with van der Waals surface area (Å²) in [4.78, 5) is 25.4. The van der Waals surface area contributed by atoms with Gasteiger partial charge in [0.1, 0.15) is 11.2 Å². The van der Waals surface area contributed by atoms with Gasteiger partial charge in [0.15, 0.2) is 0 Å². The summed E-state index contributed by atoms with van der Waals surface area (Å²) in [5, 5.41) is 0. The van der Waals surface area contributed by atoms with E-state index in [1.54, 1.807) is 0 Å². The van der Waals surface area contributed by atoms with Crippen LogP contribution in [0.2, 0.25) is 0 Å². The van der Waals surface area contributed by atoms with Crippen molar-refractivity contribution in [3.05, 3.63) is 0 Å². The predicted octanol–water partition coefficient (Wildman–Crippen LogP) is 3.07. The second-order valence-corrected chi connectivity index (χ2v) is 12.3. The van der Waals surface area contributed by atoms with Gasteiger partial charge in [-0.25, -0.2) is 0 Å². The molecule has 0 aliphatic heterocycles. The molecule has 0 saturated carbocycles. The predicted molar refractivity (Wildman–Crippen MR) is 182 cm³/mol. The Bertz CT molecular complexity index is 681. The van der Waals surface area contributed by atoms with Gasteiger partial charge in [0.2, 0.25) is 0 Å². The molecule has 0 aromatic heterocycles. The summed E-state index contributed by atoms with van der Waals surface area (Å²) in [5.74, 6) is -0.545. The van der Waals surface area contributed by atoms with Gasteiger partial charge in [0, 0.05) is 27.7 Å². The zero-order chi connectivity index (χ0) is 34.4. The fourth-order valence-corrected chi connectivity index (χ4v) is 3.45. The van der Waals surface area contributed by atoms with E-state index < -0.39 is 11.2 Å². The number of hydrogen-bond donors (Lipinski definition) is 1. The minimum Gasteiger partial charge on any atom is -0.460 e. The molecule has 0 heterocycles. The zero-order valence-corrected chi connectivity index (χ0v) is 32.2. The van der Waals surface area contributed by atoms with Crippen LogP contribution in [0.3, 0.4) is 0 Å². The van der Waals surface area contributed by atoms with Gasteiger partial charge in [0.25, 0.3) is 0 Å². The van der Waals surface area contributed by atoms with Gasteiger partial charge in [-0.1, -0.05) is 7.43 Å². The molecule has 0 unspecified atom stereocenters. The second kappa shape index (κ2) is 33.1. The van der Waals surface area contributed by atoms with Crippen molar-refractivity contribution in [2.45, 2.75) is 79.4 Å². The average molecular weight is 944 g/mol. The Hall–Kier alpha value is -2.46. The van der Waals surface area contributed by atoms with E-state index in [2.05, 4.69) is 4.90 Å². The molecule has 14 nitrogen and oxygen atoms in total. The van der Waals surface area contributed by atoms with E-state index >= 15 is 0 Å². The summed E-state index contributed by atoms with van der Waals surface area (Å²) in [6.07, 6.45) is 1.23. The monoisotopic (exact) mass is 944 g/mol. The molecule has 0 rings (SSSR count). The molecule has 15 heteroatoms. The van der Waals surface area contributed by atoms with Gasteiger partial charge >= 0.3 is 11.9 Å². The number of esters is 2. The van der Waals surface area contributed by atoms with Crippen molar-refractivity contribution in [1.29, 1.82) is 0 Å². The smallest absolute Gasteiger partial charge is 0.308 e. The maximum Gasteiger partial charge on any atom is 0.308 e. The fraction of sp³-hybridized carbons (Fsp3) is 0.939. The molecule has 0 atom stereocenters. The summed E-state index contributed by atoms with van der Waals surface area (Å²) in [7, 11) is 0. The van der Waals surface area contributed by atoms with Crippen molar-refractivity contribution in [2.75, 3.05) is 125 Å². The van der Waals surface area contributed by atoms with Crippen LogP contribution >= 0.6 is 0 Å². The van der Waals surface area contributed by atoms with Crippen molar-refractivity contribution in [3.8, 4) is 0 Å². The number of carbonyl (C=O) groups excluding carboxylic acids is 2. The van der Waals surface area contributed by atoms with E-state index in [-0.39, 0.29) is 33.6 Å². The summed E-state index contributed by atoms with van der Waals surface area (Å²) < 4.78 is 55.0. The third kappa shape index (κ3) is 39.7. The van der Waals surface area contributed by atoms with Crippen LogP contribution in [0.4, 0.5) is 0 Å². The van der Waals surface area contributed by atoms with Crippen LogP contribution in [-0.4, -0.2) is 154 Å². The average Bonchev–Trinajstić information content (AvgIpc) is 2.95. The molecule has 0 saturated heterocycles. The van der Waals surface area contributed by atoms with Crippen LogP contribution in [0, 0.1) is 0 Å². The Morgan fingerprint density at radius 2 is 0.854 bits per heavy atom. The summed E-state index contributed by atoms with van der Waals surface area (Å²) in [6, 6.07) is 0. The third-order valence-electron chi connectivity index (χ3n) is 5.45. The summed E-state index contributed by atoms with van der Waals surface area (Å²) in [5.41, 5.74) is 4.46. The molecule has 0 aromatic carbocycles. The zero-order valence-electron chi connectivity index (χ0n) is 29.8. The van der Waals surface area contributed by atoms with Crippen molar-refractivity contribution in [2.24, 2.45) is 5.73 Å². The quantitative estimate of drug-likeness (QED) is 0.0597. The van der Waals surface area contributed by atoms with E-state index in [4.69, 9.17) is 53.1 Å². The van der Waals surface area contributed by atoms with Gasteiger partial charge < -0.3 is 53.1 Å². The van der Waals surface area contributed by atoms with Crippen molar-refractivity contribution in [3.63, 3.8) is 0 Å². The van der Waals surface area contributed by atoms with E-state index in [0.717, 1.165) is 6.42 Å². The molecule has 0 amide bonds. The molecule has 0 fully saturated rings. The second-order valence-electron chi connectivity index (χ2n) is 12.3. The number of ether oxygens (including phenoxy) is 10. The summed E-state index contributed by atoms with van der Waals surface area (Å²) >= 11 is 0. The largest absolute Gasteiger partial charge is 0.460 e. The Labute approximate surface area is 285 Å². The molecule has 0 radical (unpaired) electrons. The van der Waals surface area contributed by atoms with Gasteiger partial charge in [-0.3, -0.25) is 14.5 Å². The van der Waals surface area contributed by atoms with E-state index in [1.165, 1.54) is 0 Å². The first-order chi connectivity index (χ1) is 21.9. The molecule has 0 aromatic rings. The SMILES string of the molecule is C.CC(C)(C)OC(=O)CCOCCOCCOCCN(CCOCCOCCOCCC(=O)OC(C)(C)C)COCCCOCCN.[Fm].[HH]. The third-order valence-corrected chi connectivity index (χ3v) is 5.45. The van der Waals surface area contributed by atoms with E-state index in [0.29, 0.717) is 125 Å². The van der Waals surface area contributed by atoms with E-state index in [1.807, 2.05) is 41.5 Å². The van der Waals surface area contributed by atoms with Crippen LogP contribution in [0.25, 0.3) is 0 Å². The number of nitrogens with two attached hydrogens (primary N) is 1. The molecular weight excluding hydrogens is 873 g/mol. The Morgan fingerprint density at radius 1 is 0.521 bits per heavy atom. The first kappa shape index (κ1) is 49.9. The summed E-state index contributed by atoms with van der Waals surface area (Å²) in [6.45, 7) is 20.2. The maximum absolute atomic E-state index is 11.7. The first-order valence-electron chi connectivity index (χ1n) is 16.4. The topological polar surface area (TPSA) is 156 Å². The molecular formula is C33H70FmN2O12. The number of nitrogens with zero attached hydrogens (tertiary/aromatic N) is 1. The van der Waals surface area contributed by atoms with Crippen molar-refractivity contribution < 1.29 is 58.4 Å². The fourth-order valence-electron chi connectivity index (χ4n) is 3.45. The molecule has 0 bridgehead atoms. The standard InChI is InChI=1S/C32H64N2O12.CH4.Fm.H2/c1-31(2,3)45-29(35)8-15-38-20-24-42-26-22-40-18-11-34(28-44-14-7-13-37-17-10-33)12-19-41-23-27-43-25-21-39-16-9-30(36)46-32(4,5)6;;;/h7-28,33H2,1-6H3;1H4;;1H. The Morgan fingerprint density at radius 3 is 1.23 bits per heavy atom. The maximum atomic E-state index is 11.7. The Kier molecular flexibility index (Phi) is 34.4. The molecule has 0 aliphatic rings. The number of carbonyl (C=O) groups is 2. The molecule has 296 valence electrons. The van der Waals surface area contributed by atoms with Crippen molar-refractivity contribution >= 4 is 11.9 Å². The Balaban J connectivity index is -0.00000337. The van der Waals surface area contributed by atoms with Crippen LogP contribution in [0.1, 0.15) is 69.7 Å². The van der Waals surface area contributed by atoms with Crippen LogP contribution in [0.15, 0.2) is 0 Å². The molecule has 2 N–H and O–H groups in total. The number of hydrogen-bond acceptors (Lipinski definition) is 14. The molecule has 0 spiro atoms. The van der Waals surface area contributed by atoms with Gasteiger partial charge in [-0.2, -0.15) is 0 Å². The van der Waals surface area contributed by atoms with Gasteiger partial charge in [-0.05, 0) is 48.0 Å². The van der Waals surface area contributed by atoms with Gasteiger partial charge in [0.05, 0.1) is 112 Å². The first-order valence-corrected chi connectivity index (χ1v) is 16.4. The molecule has 48 heavy (non-hydrogen) atoms. The van der Waals surface area contributed by atoms with Gasteiger partial charge in [-0.15, -0.1) is 0 Å². The van der Waals surface area contributed by atoms with Crippen LogP contribution < -0.4 is 5.73 Å². The van der Waals surface area contributed by atoms with Crippen molar-refractivity contribution in [1.82, 2.24) is 4.90 Å². The van der Waals surface area contributed by atoms with Crippen LogP contribution in [0.5, 0.6) is 0 Å². The van der Waals surface area contributed by atoms with E-state index in [9.17, 15) is 9.59 Å². The molecule has 0 aliphatic carbocycles. The normalized spacial score (nSPS) is 11.7.